The average molecular weight is 520 g/mol. The van der Waals surface area contributed by atoms with E-state index in [0.29, 0.717) is 11.4 Å². The molecule has 2 aromatic heterocycles. The fourth-order valence-electron chi connectivity index (χ4n) is 3.96. The highest BCUT2D eigenvalue weighted by Crippen LogP contribution is 2.32. The predicted molar refractivity (Wildman–Crippen MR) is 136 cm³/mol. The molecule has 0 aliphatic heterocycles. The molecule has 0 unspecified atom stereocenters. The molecule has 5 rings (SSSR count). The second kappa shape index (κ2) is 9.92. The van der Waals surface area contributed by atoms with E-state index in [4.69, 9.17) is 4.74 Å². The van der Waals surface area contributed by atoms with Gasteiger partial charge in [0.2, 0.25) is 5.91 Å². The summed E-state index contributed by atoms with van der Waals surface area (Å²) in [6.45, 7) is 1.58. The van der Waals surface area contributed by atoms with Gasteiger partial charge in [-0.25, -0.2) is 18.4 Å². The summed E-state index contributed by atoms with van der Waals surface area (Å²) in [7, 11) is 1.62. The summed E-state index contributed by atoms with van der Waals surface area (Å²) < 4.78 is 38.0. The van der Waals surface area contributed by atoms with E-state index in [2.05, 4.69) is 15.6 Å². The molecule has 1 saturated carbocycles. The van der Waals surface area contributed by atoms with Crippen molar-refractivity contribution in [2.75, 3.05) is 10.6 Å². The van der Waals surface area contributed by atoms with Crippen molar-refractivity contribution < 1.29 is 23.1 Å². The molecule has 2 amide bonds. The van der Waals surface area contributed by atoms with Gasteiger partial charge in [-0.15, -0.1) is 0 Å². The minimum Gasteiger partial charge on any atom is -0.454 e. The lowest BCUT2D eigenvalue weighted by molar-refractivity contribution is -0.117. The van der Waals surface area contributed by atoms with Crippen molar-refractivity contribution in [3.8, 4) is 17.2 Å². The largest absolute Gasteiger partial charge is 0.454 e. The number of rotatable bonds is 7. The van der Waals surface area contributed by atoms with E-state index >= 15 is 0 Å². The van der Waals surface area contributed by atoms with Crippen LogP contribution in [0.4, 0.5) is 20.3 Å². The van der Waals surface area contributed by atoms with E-state index in [0.717, 1.165) is 25.0 Å². The zero-order valence-electron chi connectivity index (χ0n) is 20.5. The van der Waals surface area contributed by atoms with Crippen LogP contribution in [-0.4, -0.2) is 26.2 Å². The average Bonchev–Trinajstić information content (AvgIpc) is 3.71. The molecule has 2 heterocycles. The van der Waals surface area contributed by atoms with Crippen LogP contribution in [-0.2, 0) is 11.8 Å². The number of carbonyl (C=O) groups excluding carboxylic acids is 2. The number of ether oxygens (including phenoxy) is 1. The van der Waals surface area contributed by atoms with Crippen molar-refractivity contribution in [3.63, 3.8) is 0 Å². The Labute approximate surface area is 215 Å². The molecule has 9 nitrogen and oxygen atoms in total. The molecule has 0 atom stereocenters. The molecule has 1 fully saturated rings. The first kappa shape index (κ1) is 24.9. The van der Waals surface area contributed by atoms with Crippen molar-refractivity contribution in [3.05, 3.63) is 94.0 Å². The van der Waals surface area contributed by atoms with E-state index in [-0.39, 0.29) is 29.0 Å². The lowest BCUT2D eigenvalue weighted by Gasteiger charge is -2.11. The minimum absolute atomic E-state index is 0.0310. The van der Waals surface area contributed by atoms with Crippen LogP contribution < -0.4 is 20.9 Å². The molecule has 2 aromatic carbocycles. The topological polar surface area (TPSA) is 107 Å². The maximum absolute atomic E-state index is 14.9. The van der Waals surface area contributed by atoms with E-state index in [1.165, 1.54) is 27.7 Å². The summed E-state index contributed by atoms with van der Waals surface area (Å²) in [6, 6.07) is 13.1. The standard InChI is InChI=1S/C27H23F2N5O4/c1-15-24(27(37)34(33(15)2)17-6-4-3-5-7-17)26(36)31-21-13-20(29)22(14-19(21)28)38-18-10-11-30-23(12-18)32-25(35)16-8-9-16/h3-7,10-14,16H,8-9H2,1-2H3,(H,31,36)(H,30,32,35). The zero-order chi connectivity index (χ0) is 27.0. The molecule has 38 heavy (non-hydrogen) atoms. The number of nitrogens with zero attached hydrogens (tertiary/aromatic N) is 3. The van der Waals surface area contributed by atoms with Gasteiger partial charge in [-0.3, -0.25) is 19.1 Å². The Bertz CT molecular complexity index is 1610. The lowest BCUT2D eigenvalue weighted by atomic mass is 10.2. The van der Waals surface area contributed by atoms with E-state index < -0.39 is 34.5 Å². The maximum atomic E-state index is 14.9. The molecule has 0 saturated heterocycles. The fourth-order valence-corrected chi connectivity index (χ4v) is 3.96. The number of nitrogens with one attached hydrogen (secondary N) is 2. The van der Waals surface area contributed by atoms with E-state index in [9.17, 15) is 23.2 Å². The van der Waals surface area contributed by atoms with Crippen molar-refractivity contribution in [2.24, 2.45) is 13.0 Å². The van der Waals surface area contributed by atoms with Gasteiger partial charge in [0.15, 0.2) is 17.4 Å². The van der Waals surface area contributed by atoms with Gasteiger partial charge in [0.25, 0.3) is 11.5 Å². The summed E-state index contributed by atoms with van der Waals surface area (Å²) in [6.07, 6.45) is 3.01. The summed E-state index contributed by atoms with van der Waals surface area (Å²) in [5.41, 5.74) is -0.363. The molecule has 1 aliphatic carbocycles. The number of para-hydroxylation sites is 1. The Morgan fingerprint density at radius 1 is 1.03 bits per heavy atom. The van der Waals surface area contributed by atoms with Crippen molar-refractivity contribution >= 4 is 23.3 Å². The molecule has 194 valence electrons. The molecule has 0 bridgehead atoms. The van der Waals surface area contributed by atoms with Crippen LogP contribution in [0.2, 0.25) is 0 Å². The highest BCUT2D eigenvalue weighted by atomic mass is 19.1. The maximum Gasteiger partial charge on any atom is 0.284 e. The number of hydrogen-bond acceptors (Lipinski definition) is 5. The number of carbonyl (C=O) groups is 2. The number of amides is 2. The van der Waals surface area contributed by atoms with Gasteiger partial charge < -0.3 is 15.4 Å². The van der Waals surface area contributed by atoms with Crippen LogP contribution in [0, 0.1) is 24.5 Å². The second-order valence-electron chi connectivity index (χ2n) is 8.90. The van der Waals surface area contributed by atoms with Crippen LogP contribution in [0.5, 0.6) is 11.5 Å². The van der Waals surface area contributed by atoms with Gasteiger partial charge in [-0.1, -0.05) is 18.2 Å². The summed E-state index contributed by atoms with van der Waals surface area (Å²) in [5.74, 6) is -3.07. The third-order valence-electron chi connectivity index (χ3n) is 6.21. The summed E-state index contributed by atoms with van der Waals surface area (Å²) in [5, 5.41) is 4.94. The van der Waals surface area contributed by atoms with Gasteiger partial charge in [0.05, 0.1) is 17.1 Å². The van der Waals surface area contributed by atoms with Crippen molar-refractivity contribution in [2.45, 2.75) is 19.8 Å². The monoisotopic (exact) mass is 519 g/mol. The molecule has 1 aliphatic rings. The number of aromatic nitrogens is 3. The number of halogens is 2. The Kier molecular flexibility index (Phi) is 6.50. The molecule has 2 N–H and O–H groups in total. The third-order valence-corrected chi connectivity index (χ3v) is 6.21. The first-order valence-corrected chi connectivity index (χ1v) is 11.8. The van der Waals surface area contributed by atoms with Gasteiger partial charge >= 0.3 is 0 Å². The number of benzene rings is 2. The number of hydrogen-bond donors (Lipinski definition) is 2. The van der Waals surface area contributed by atoms with Crippen LogP contribution in [0.1, 0.15) is 28.9 Å². The van der Waals surface area contributed by atoms with Gasteiger partial charge in [0.1, 0.15) is 17.1 Å². The fraction of sp³-hybridized carbons (Fsp3) is 0.185. The molecule has 0 radical (unpaired) electrons. The van der Waals surface area contributed by atoms with Gasteiger partial charge in [0, 0.05) is 37.4 Å². The smallest absolute Gasteiger partial charge is 0.284 e. The molecule has 4 aromatic rings. The molecule has 11 heteroatoms. The predicted octanol–water partition coefficient (Wildman–Crippen LogP) is 4.55. The van der Waals surface area contributed by atoms with Gasteiger partial charge in [-0.2, -0.15) is 0 Å². The van der Waals surface area contributed by atoms with Crippen LogP contribution in [0.3, 0.4) is 0 Å². The first-order chi connectivity index (χ1) is 18.2. The van der Waals surface area contributed by atoms with Crippen LogP contribution >= 0.6 is 0 Å². The zero-order valence-corrected chi connectivity index (χ0v) is 20.5. The SMILES string of the molecule is Cc1c(C(=O)Nc2cc(F)c(Oc3ccnc(NC(=O)C4CC4)c3)cc2F)c(=O)n(-c2ccccc2)n1C. The Hall–Kier alpha value is -4.80. The van der Waals surface area contributed by atoms with E-state index in [1.807, 2.05) is 0 Å². The molecular formula is C27H23F2N5O4. The second-order valence-corrected chi connectivity index (χ2v) is 8.90. The normalized spacial score (nSPS) is 12.7. The van der Waals surface area contributed by atoms with Crippen molar-refractivity contribution in [1.82, 2.24) is 14.3 Å². The van der Waals surface area contributed by atoms with E-state index in [1.54, 1.807) is 44.3 Å². The molecular weight excluding hydrogens is 496 g/mol. The highest BCUT2D eigenvalue weighted by molar-refractivity contribution is 6.05. The number of anilines is 2. The molecule has 0 spiro atoms. The highest BCUT2D eigenvalue weighted by Gasteiger charge is 2.30. The first-order valence-electron chi connectivity index (χ1n) is 11.8. The van der Waals surface area contributed by atoms with Crippen molar-refractivity contribution in [1.29, 1.82) is 0 Å². The Morgan fingerprint density at radius 3 is 2.47 bits per heavy atom. The van der Waals surface area contributed by atoms with Gasteiger partial charge in [-0.05, 0) is 38.0 Å². The number of pyridine rings is 1. The summed E-state index contributed by atoms with van der Waals surface area (Å²) in [4.78, 5) is 42.0. The summed E-state index contributed by atoms with van der Waals surface area (Å²) >= 11 is 0. The Balaban J connectivity index is 1.35. The third kappa shape index (κ3) is 4.90. The minimum atomic E-state index is -0.969. The quantitative estimate of drug-likeness (QED) is 0.373. The van der Waals surface area contributed by atoms with Crippen LogP contribution in [0.15, 0.2) is 65.6 Å². The Morgan fingerprint density at radius 2 is 1.76 bits per heavy atom. The lowest BCUT2D eigenvalue weighted by Crippen LogP contribution is -2.25. The van der Waals surface area contributed by atoms with Crippen LogP contribution in [0.25, 0.3) is 5.69 Å².